The summed E-state index contributed by atoms with van der Waals surface area (Å²) >= 11 is 0. The predicted molar refractivity (Wildman–Crippen MR) is 71.2 cm³/mol. The summed E-state index contributed by atoms with van der Waals surface area (Å²) in [6.45, 7) is 8.87. The number of piperidine rings is 1. The molecular weight excluding hydrogens is 210 g/mol. The first kappa shape index (κ1) is 12.6. The smallest absolute Gasteiger partial charge is 0.0624 e. The third-order valence-electron chi connectivity index (χ3n) is 3.79. The summed E-state index contributed by atoms with van der Waals surface area (Å²) in [6.07, 6.45) is 4.79. The molecule has 2 heterocycles. The second kappa shape index (κ2) is 5.67. The van der Waals surface area contributed by atoms with Gasteiger partial charge in [0.05, 0.1) is 5.69 Å². The fourth-order valence-corrected chi connectivity index (χ4v) is 2.75. The zero-order chi connectivity index (χ0) is 12.3. The number of rotatable bonds is 4. The van der Waals surface area contributed by atoms with Crippen molar-refractivity contribution in [1.29, 1.82) is 0 Å². The molecule has 96 valence electrons. The zero-order valence-corrected chi connectivity index (χ0v) is 11.4. The number of nitrogens with one attached hydrogen (secondary N) is 1. The Balaban J connectivity index is 2.03. The predicted octanol–water partition coefficient (Wildman–Crippen LogP) is 2.40. The number of hydrogen-bond acceptors (Lipinski definition) is 2. The van der Waals surface area contributed by atoms with Gasteiger partial charge in [-0.1, -0.05) is 13.8 Å². The van der Waals surface area contributed by atoms with E-state index in [-0.39, 0.29) is 0 Å². The molecule has 1 fully saturated rings. The first-order valence-electron chi connectivity index (χ1n) is 7.01. The molecule has 0 aromatic carbocycles. The van der Waals surface area contributed by atoms with E-state index < -0.39 is 0 Å². The van der Waals surface area contributed by atoms with Gasteiger partial charge in [0.25, 0.3) is 0 Å². The van der Waals surface area contributed by atoms with Gasteiger partial charge in [-0.25, -0.2) is 0 Å². The van der Waals surface area contributed by atoms with Gasteiger partial charge in [0.15, 0.2) is 0 Å². The summed E-state index contributed by atoms with van der Waals surface area (Å²) in [5.41, 5.74) is 2.63. The Morgan fingerprint density at radius 1 is 1.47 bits per heavy atom. The Morgan fingerprint density at radius 3 is 2.94 bits per heavy atom. The van der Waals surface area contributed by atoms with Crippen molar-refractivity contribution in [3.63, 3.8) is 0 Å². The van der Waals surface area contributed by atoms with Gasteiger partial charge in [0.2, 0.25) is 0 Å². The van der Waals surface area contributed by atoms with Gasteiger partial charge in [-0.2, -0.15) is 5.10 Å². The Labute approximate surface area is 105 Å². The third kappa shape index (κ3) is 3.09. The van der Waals surface area contributed by atoms with Gasteiger partial charge < -0.3 is 5.32 Å². The largest absolute Gasteiger partial charge is 0.314 e. The average Bonchev–Trinajstić information content (AvgIpc) is 2.71. The summed E-state index contributed by atoms with van der Waals surface area (Å²) in [6, 6.07) is 2.93. The van der Waals surface area contributed by atoms with Gasteiger partial charge in [-0.3, -0.25) is 4.68 Å². The second-order valence-corrected chi connectivity index (χ2v) is 5.28. The average molecular weight is 235 g/mol. The lowest BCUT2D eigenvalue weighted by Crippen LogP contribution is -2.39. The maximum Gasteiger partial charge on any atom is 0.0624 e. The molecule has 0 radical (unpaired) electrons. The minimum atomic E-state index is 0.644. The monoisotopic (exact) mass is 235 g/mol. The molecule has 1 aromatic rings. The van der Waals surface area contributed by atoms with Crippen LogP contribution in [0, 0.1) is 5.92 Å². The topological polar surface area (TPSA) is 29.9 Å². The van der Waals surface area contributed by atoms with Crippen molar-refractivity contribution in [3.05, 3.63) is 17.5 Å². The molecule has 2 unspecified atom stereocenters. The van der Waals surface area contributed by atoms with Crippen LogP contribution in [-0.4, -0.2) is 22.4 Å². The van der Waals surface area contributed by atoms with E-state index in [4.69, 9.17) is 0 Å². The second-order valence-electron chi connectivity index (χ2n) is 5.28. The van der Waals surface area contributed by atoms with E-state index in [9.17, 15) is 0 Å². The van der Waals surface area contributed by atoms with Crippen molar-refractivity contribution in [2.75, 3.05) is 6.54 Å². The Morgan fingerprint density at radius 2 is 2.29 bits per heavy atom. The van der Waals surface area contributed by atoms with Crippen molar-refractivity contribution in [1.82, 2.24) is 15.1 Å². The van der Waals surface area contributed by atoms with Gasteiger partial charge in [0, 0.05) is 24.7 Å². The van der Waals surface area contributed by atoms with Crippen LogP contribution < -0.4 is 5.32 Å². The maximum atomic E-state index is 4.62. The van der Waals surface area contributed by atoms with E-state index in [0.717, 1.165) is 25.3 Å². The van der Waals surface area contributed by atoms with E-state index >= 15 is 0 Å². The Hall–Kier alpha value is -0.830. The minimum Gasteiger partial charge on any atom is -0.314 e. The highest BCUT2D eigenvalue weighted by Crippen LogP contribution is 2.18. The molecule has 0 amide bonds. The number of hydrogen-bond donors (Lipinski definition) is 1. The summed E-state index contributed by atoms with van der Waals surface area (Å²) in [4.78, 5) is 0. The molecular formula is C14H25N3. The Kier molecular flexibility index (Phi) is 4.21. The number of aromatic nitrogens is 2. The van der Waals surface area contributed by atoms with Crippen LogP contribution in [0.4, 0.5) is 0 Å². The highest BCUT2D eigenvalue weighted by Gasteiger charge is 2.20. The van der Waals surface area contributed by atoms with E-state index in [1.807, 2.05) is 0 Å². The molecule has 1 aromatic heterocycles. The maximum absolute atomic E-state index is 4.62. The first-order valence-corrected chi connectivity index (χ1v) is 7.01. The van der Waals surface area contributed by atoms with Crippen molar-refractivity contribution in [2.24, 2.45) is 5.92 Å². The Bertz CT molecular complexity index is 356. The van der Waals surface area contributed by atoms with Crippen LogP contribution in [0.25, 0.3) is 0 Å². The standard InChI is InChI=1S/C14H25N3/c1-4-12-9-14(17(5-2)16-12)10-13-8-11(3)6-7-15-13/h9,11,13,15H,4-8,10H2,1-3H3. The molecule has 0 spiro atoms. The van der Waals surface area contributed by atoms with Crippen molar-refractivity contribution in [2.45, 2.75) is 59.0 Å². The number of aryl methyl sites for hydroxylation is 2. The van der Waals surface area contributed by atoms with Crippen LogP contribution in [0.1, 0.15) is 45.0 Å². The summed E-state index contributed by atoms with van der Waals surface area (Å²) in [5, 5.41) is 8.26. The van der Waals surface area contributed by atoms with Crippen LogP contribution in [-0.2, 0) is 19.4 Å². The van der Waals surface area contributed by atoms with Gasteiger partial charge in [-0.05, 0) is 44.7 Å². The van der Waals surface area contributed by atoms with Crippen molar-refractivity contribution >= 4 is 0 Å². The number of nitrogens with zero attached hydrogens (tertiary/aromatic N) is 2. The van der Waals surface area contributed by atoms with E-state index in [0.29, 0.717) is 6.04 Å². The van der Waals surface area contributed by atoms with Crippen LogP contribution in [0.15, 0.2) is 6.07 Å². The fourth-order valence-electron chi connectivity index (χ4n) is 2.75. The highest BCUT2D eigenvalue weighted by molar-refractivity contribution is 5.12. The molecule has 17 heavy (non-hydrogen) atoms. The third-order valence-corrected chi connectivity index (χ3v) is 3.79. The SMILES string of the molecule is CCc1cc(CC2CC(C)CCN2)n(CC)n1. The van der Waals surface area contributed by atoms with E-state index in [1.54, 1.807) is 0 Å². The van der Waals surface area contributed by atoms with Gasteiger partial charge >= 0.3 is 0 Å². The first-order chi connectivity index (χ1) is 8.22. The lowest BCUT2D eigenvalue weighted by Gasteiger charge is -2.28. The lowest BCUT2D eigenvalue weighted by molar-refractivity contribution is 0.314. The molecule has 1 aliphatic rings. The molecule has 2 rings (SSSR count). The molecule has 0 bridgehead atoms. The molecule has 1 N–H and O–H groups in total. The van der Waals surface area contributed by atoms with Crippen LogP contribution in [0.2, 0.25) is 0 Å². The molecule has 1 aliphatic heterocycles. The van der Waals surface area contributed by atoms with Crippen molar-refractivity contribution in [3.8, 4) is 0 Å². The van der Waals surface area contributed by atoms with Crippen LogP contribution in [0.5, 0.6) is 0 Å². The molecule has 2 atom stereocenters. The fraction of sp³-hybridized carbons (Fsp3) is 0.786. The zero-order valence-electron chi connectivity index (χ0n) is 11.4. The van der Waals surface area contributed by atoms with E-state index in [1.165, 1.54) is 30.8 Å². The highest BCUT2D eigenvalue weighted by atomic mass is 15.3. The van der Waals surface area contributed by atoms with Gasteiger partial charge in [0.1, 0.15) is 0 Å². The van der Waals surface area contributed by atoms with Crippen LogP contribution in [0.3, 0.4) is 0 Å². The summed E-state index contributed by atoms with van der Waals surface area (Å²) < 4.78 is 2.17. The van der Waals surface area contributed by atoms with Gasteiger partial charge in [-0.15, -0.1) is 0 Å². The summed E-state index contributed by atoms with van der Waals surface area (Å²) in [7, 11) is 0. The van der Waals surface area contributed by atoms with E-state index in [2.05, 4.69) is 41.9 Å². The minimum absolute atomic E-state index is 0.644. The normalized spacial score (nSPS) is 25.1. The molecule has 0 aliphatic carbocycles. The molecule has 1 saturated heterocycles. The lowest BCUT2D eigenvalue weighted by atomic mass is 9.92. The molecule has 3 nitrogen and oxygen atoms in total. The van der Waals surface area contributed by atoms with Crippen molar-refractivity contribution < 1.29 is 0 Å². The molecule has 0 saturated carbocycles. The molecule has 3 heteroatoms. The summed E-state index contributed by atoms with van der Waals surface area (Å²) in [5.74, 6) is 0.866. The van der Waals surface area contributed by atoms with Crippen LogP contribution >= 0.6 is 0 Å². The quantitative estimate of drug-likeness (QED) is 0.868.